The van der Waals surface area contributed by atoms with Crippen LogP contribution < -0.4 is 5.32 Å². The van der Waals surface area contributed by atoms with Gasteiger partial charge >= 0.3 is 0 Å². The first kappa shape index (κ1) is 17.4. The molecule has 2 aliphatic rings. The highest BCUT2D eigenvalue weighted by molar-refractivity contribution is 5.82. The molecule has 1 saturated heterocycles. The van der Waals surface area contributed by atoms with E-state index in [0.29, 0.717) is 12.0 Å². The van der Waals surface area contributed by atoms with Crippen LogP contribution in [0.5, 0.6) is 0 Å². The molecule has 0 radical (unpaired) electrons. The van der Waals surface area contributed by atoms with Crippen molar-refractivity contribution in [1.29, 1.82) is 0 Å². The first-order chi connectivity index (χ1) is 11.6. The molecule has 0 aromatic heterocycles. The summed E-state index contributed by atoms with van der Waals surface area (Å²) >= 11 is 0. The van der Waals surface area contributed by atoms with Crippen LogP contribution in [0.3, 0.4) is 0 Å². The van der Waals surface area contributed by atoms with Crippen molar-refractivity contribution in [1.82, 2.24) is 10.2 Å². The third kappa shape index (κ3) is 4.17. The van der Waals surface area contributed by atoms with Gasteiger partial charge in [0.1, 0.15) is 0 Å². The van der Waals surface area contributed by atoms with Crippen LogP contribution >= 0.6 is 0 Å². The molecule has 0 bridgehead atoms. The van der Waals surface area contributed by atoms with Gasteiger partial charge in [0.15, 0.2) is 0 Å². The van der Waals surface area contributed by atoms with Gasteiger partial charge in [-0.05, 0) is 42.7 Å². The normalized spacial score (nSPS) is 20.5. The zero-order valence-electron chi connectivity index (χ0n) is 15.0. The van der Waals surface area contributed by atoms with E-state index >= 15 is 0 Å². The van der Waals surface area contributed by atoms with Crippen LogP contribution in [0.4, 0.5) is 0 Å². The Hall–Kier alpha value is -1.39. The van der Waals surface area contributed by atoms with Gasteiger partial charge in [0.05, 0.1) is 6.04 Å². The van der Waals surface area contributed by atoms with Crippen molar-refractivity contribution in [3.05, 3.63) is 35.4 Å². The second-order valence-electron chi connectivity index (χ2n) is 7.37. The average molecular weight is 330 g/mol. The average Bonchev–Trinajstić information content (AvgIpc) is 2.82. The minimum absolute atomic E-state index is 0.0886. The topological polar surface area (TPSA) is 41.6 Å². The number of nitrogens with zero attached hydrogens (tertiary/aromatic N) is 1. The summed E-state index contributed by atoms with van der Waals surface area (Å²) in [7, 11) is 0. The quantitative estimate of drug-likeness (QED) is 0.922. The van der Waals surface area contributed by atoms with Crippen LogP contribution in [-0.2, 0) is 22.4 Å². The standard InChI is InChI=1S/C20H30N2O2/c1-15(2)19(21-18-9-13-24-14-10-18)20(23)22-11-7-16-5-3-4-6-17(16)8-12-22/h3-6,15,18-19,21H,7-14H2,1-2H3/t19-/m1/s1. The smallest absolute Gasteiger partial charge is 0.239 e. The van der Waals surface area contributed by atoms with E-state index in [2.05, 4.69) is 48.3 Å². The maximum Gasteiger partial charge on any atom is 0.239 e. The third-order valence-corrected chi connectivity index (χ3v) is 5.30. The van der Waals surface area contributed by atoms with Gasteiger partial charge in [-0.25, -0.2) is 0 Å². The minimum Gasteiger partial charge on any atom is -0.381 e. The number of nitrogens with one attached hydrogen (secondary N) is 1. The monoisotopic (exact) mass is 330 g/mol. The summed E-state index contributed by atoms with van der Waals surface area (Å²) in [4.78, 5) is 15.2. The van der Waals surface area contributed by atoms with Crippen LogP contribution in [0.25, 0.3) is 0 Å². The molecule has 1 N–H and O–H groups in total. The van der Waals surface area contributed by atoms with Crippen molar-refractivity contribution in [3.8, 4) is 0 Å². The zero-order chi connectivity index (χ0) is 16.9. The number of carbonyl (C=O) groups is 1. The minimum atomic E-state index is -0.0886. The summed E-state index contributed by atoms with van der Waals surface area (Å²) in [6, 6.07) is 8.90. The third-order valence-electron chi connectivity index (χ3n) is 5.30. The molecule has 1 fully saturated rings. The van der Waals surface area contributed by atoms with Crippen molar-refractivity contribution >= 4 is 5.91 Å². The Morgan fingerprint density at radius 3 is 2.25 bits per heavy atom. The van der Waals surface area contributed by atoms with E-state index in [9.17, 15) is 4.79 Å². The van der Waals surface area contributed by atoms with Crippen molar-refractivity contribution in [2.45, 2.75) is 51.6 Å². The fourth-order valence-electron chi connectivity index (χ4n) is 3.75. The van der Waals surface area contributed by atoms with Crippen molar-refractivity contribution in [3.63, 3.8) is 0 Å². The van der Waals surface area contributed by atoms with Gasteiger partial charge in [0, 0.05) is 32.3 Å². The van der Waals surface area contributed by atoms with Crippen LogP contribution in [0.2, 0.25) is 0 Å². The summed E-state index contributed by atoms with van der Waals surface area (Å²) in [5.74, 6) is 0.565. The van der Waals surface area contributed by atoms with Gasteiger partial charge in [-0.3, -0.25) is 4.79 Å². The van der Waals surface area contributed by atoms with E-state index in [0.717, 1.165) is 52.0 Å². The number of rotatable bonds is 4. The van der Waals surface area contributed by atoms with E-state index in [4.69, 9.17) is 4.74 Å². The Bertz CT molecular complexity index is 525. The summed E-state index contributed by atoms with van der Waals surface area (Å²) in [6.45, 7) is 7.54. The highest BCUT2D eigenvalue weighted by atomic mass is 16.5. The molecular formula is C20H30N2O2. The van der Waals surface area contributed by atoms with Gasteiger partial charge in [-0.15, -0.1) is 0 Å². The fraction of sp³-hybridized carbons (Fsp3) is 0.650. The molecule has 24 heavy (non-hydrogen) atoms. The first-order valence-corrected chi connectivity index (χ1v) is 9.34. The van der Waals surface area contributed by atoms with Gasteiger partial charge in [-0.2, -0.15) is 0 Å². The molecule has 1 aromatic carbocycles. The summed E-state index contributed by atoms with van der Waals surface area (Å²) in [5, 5.41) is 3.62. The van der Waals surface area contributed by atoms with Crippen LogP contribution in [0, 0.1) is 5.92 Å². The zero-order valence-corrected chi connectivity index (χ0v) is 15.0. The van der Waals surface area contributed by atoms with Gasteiger partial charge in [0.2, 0.25) is 5.91 Å². The fourth-order valence-corrected chi connectivity index (χ4v) is 3.75. The summed E-state index contributed by atoms with van der Waals surface area (Å²) in [6.07, 6.45) is 3.93. The SMILES string of the molecule is CC(C)[C@@H](NC1CCOCC1)C(=O)N1CCc2ccccc2CC1. The second-order valence-corrected chi connectivity index (χ2v) is 7.37. The van der Waals surface area contributed by atoms with E-state index in [1.54, 1.807) is 0 Å². The number of amides is 1. The largest absolute Gasteiger partial charge is 0.381 e. The molecule has 0 saturated carbocycles. The van der Waals surface area contributed by atoms with Crippen molar-refractivity contribution < 1.29 is 9.53 Å². The molecule has 0 spiro atoms. The Morgan fingerprint density at radius 2 is 1.71 bits per heavy atom. The second kappa shape index (κ2) is 8.13. The molecule has 132 valence electrons. The van der Waals surface area contributed by atoms with Gasteiger partial charge < -0.3 is 15.0 Å². The lowest BCUT2D eigenvalue weighted by Gasteiger charge is -2.33. The van der Waals surface area contributed by atoms with Gasteiger partial charge in [0.25, 0.3) is 0 Å². The molecule has 2 heterocycles. The summed E-state index contributed by atoms with van der Waals surface area (Å²) < 4.78 is 5.44. The Labute approximate surface area is 145 Å². The van der Waals surface area contributed by atoms with E-state index in [1.807, 2.05) is 0 Å². The molecule has 1 amide bonds. The number of benzene rings is 1. The Morgan fingerprint density at radius 1 is 1.12 bits per heavy atom. The Kier molecular flexibility index (Phi) is 5.90. The lowest BCUT2D eigenvalue weighted by Crippen LogP contribution is -2.54. The molecule has 0 aliphatic carbocycles. The van der Waals surface area contributed by atoms with Gasteiger partial charge in [-0.1, -0.05) is 38.1 Å². The van der Waals surface area contributed by atoms with Crippen LogP contribution in [0.15, 0.2) is 24.3 Å². The number of ether oxygens (including phenoxy) is 1. The molecule has 4 nitrogen and oxygen atoms in total. The molecule has 1 aromatic rings. The number of hydrogen-bond donors (Lipinski definition) is 1. The predicted octanol–water partition coefficient (Wildman–Crippen LogP) is 2.41. The molecule has 0 unspecified atom stereocenters. The van der Waals surface area contributed by atoms with E-state index < -0.39 is 0 Å². The van der Waals surface area contributed by atoms with Crippen LogP contribution in [0.1, 0.15) is 37.8 Å². The molecule has 3 rings (SSSR count). The molecule has 1 atom stereocenters. The molecule has 2 aliphatic heterocycles. The lowest BCUT2D eigenvalue weighted by molar-refractivity contribution is -0.135. The maximum absolute atomic E-state index is 13.1. The number of hydrogen-bond acceptors (Lipinski definition) is 3. The predicted molar refractivity (Wildman–Crippen MR) is 96.0 cm³/mol. The number of carbonyl (C=O) groups excluding carboxylic acids is 1. The van der Waals surface area contributed by atoms with Crippen molar-refractivity contribution in [2.75, 3.05) is 26.3 Å². The Balaban J connectivity index is 1.64. The van der Waals surface area contributed by atoms with E-state index in [1.165, 1.54) is 11.1 Å². The first-order valence-electron chi connectivity index (χ1n) is 9.34. The number of fused-ring (bicyclic) bond motifs is 1. The molecular weight excluding hydrogens is 300 g/mol. The highest BCUT2D eigenvalue weighted by Gasteiger charge is 2.30. The highest BCUT2D eigenvalue weighted by Crippen LogP contribution is 2.18. The lowest BCUT2D eigenvalue weighted by atomic mass is 9.99. The maximum atomic E-state index is 13.1. The summed E-state index contributed by atoms with van der Waals surface area (Å²) in [5.41, 5.74) is 2.79. The molecule has 4 heteroatoms. The van der Waals surface area contributed by atoms with E-state index in [-0.39, 0.29) is 11.9 Å². The van der Waals surface area contributed by atoms with Crippen LogP contribution in [-0.4, -0.2) is 49.2 Å². The van der Waals surface area contributed by atoms with Crippen molar-refractivity contribution in [2.24, 2.45) is 5.92 Å².